The highest BCUT2D eigenvalue weighted by Gasteiger charge is 2.28. The van der Waals surface area contributed by atoms with E-state index in [1.807, 2.05) is 37.6 Å². The first-order valence-corrected chi connectivity index (χ1v) is 8.56. The summed E-state index contributed by atoms with van der Waals surface area (Å²) in [6, 6.07) is 1.96. The van der Waals surface area contributed by atoms with Crippen molar-refractivity contribution < 1.29 is 14.3 Å². The largest absolute Gasteiger partial charge is 0.444 e. The van der Waals surface area contributed by atoms with Crippen molar-refractivity contribution in [2.45, 2.75) is 51.7 Å². The zero-order chi connectivity index (χ0) is 16.2. The maximum atomic E-state index is 12.1. The molecule has 2 amide bonds. The van der Waals surface area contributed by atoms with Gasteiger partial charge in [0.1, 0.15) is 5.60 Å². The van der Waals surface area contributed by atoms with E-state index in [9.17, 15) is 9.59 Å². The normalized spacial score (nSPS) is 18.9. The number of nitrogens with one attached hydrogen (secondary N) is 1. The zero-order valence-corrected chi connectivity index (χ0v) is 14.2. The summed E-state index contributed by atoms with van der Waals surface area (Å²) in [4.78, 5) is 25.8. The van der Waals surface area contributed by atoms with Crippen LogP contribution >= 0.6 is 11.3 Å². The van der Waals surface area contributed by atoms with Crippen LogP contribution in [0.15, 0.2) is 16.8 Å². The first kappa shape index (κ1) is 16.8. The molecule has 0 unspecified atom stereocenters. The quantitative estimate of drug-likeness (QED) is 0.930. The lowest BCUT2D eigenvalue weighted by atomic mass is 10.1. The summed E-state index contributed by atoms with van der Waals surface area (Å²) >= 11 is 1.59. The van der Waals surface area contributed by atoms with E-state index in [-0.39, 0.29) is 18.0 Å². The van der Waals surface area contributed by atoms with E-state index in [1.165, 1.54) is 0 Å². The Labute approximate surface area is 135 Å². The number of carbonyl (C=O) groups is 2. The molecule has 1 aromatic rings. The van der Waals surface area contributed by atoms with E-state index >= 15 is 0 Å². The number of ether oxygens (including phenoxy) is 1. The Morgan fingerprint density at radius 3 is 2.86 bits per heavy atom. The Morgan fingerprint density at radius 1 is 1.45 bits per heavy atom. The van der Waals surface area contributed by atoms with Gasteiger partial charge >= 0.3 is 6.09 Å². The van der Waals surface area contributed by atoms with Crippen molar-refractivity contribution in [3.8, 4) is 0 Å². The molecule has 1 saturated heterocycles. The fourth-order valence-corrected chi connectivity index (χ4v) is 3.11. The van der Waals surface area contributed by atoms with Gasteiger partial charge in [0.05, 0.1) is 6.42 Å². The number of hydrogen-bond acceptors (Lipinski definition) is 4. The summed E-state index contributed by atoms with van der Waals surface area (Å²) < 4.78 is 5.39. The average molecular weight is 324 g/mol. The maximum Gasteiger partial charge on any atom is 0.410 e. The Bertz CT molecular complexity index is 508. The van der Waals surface area contributed by atoms with Crippen molar-refractivity contribution in [1.82, 2.24) is 10.2 Å². The second-order valence-corrected chi connectivity index (χ2v) is 7.42. The molecule has 0 aliphatic carbocycles. The van der Waals surface area contributed by atoms with Crippen molar-refractivity contribution in [1.29, 1.82) is 0 Å². The second-order valence-electron chi connectivity index (χ2n) is 6.64. The minimum atomic E-state index is -0.494. The summed E-state index contributed by atoms with van der Waals surface area (Å²) in [5.74, 6) is 0.00874. The Morgan fingerprint density at radius 2 is 2.23 bits per heavy atom. The van der Waals surface area contributed by atoms with Crippen LogP contribution in [-0.2, 0) is 16.0 Å². The Hall–Kier alpha value is -1.56. The molecule has 1 aromatic heterocycles. The average Bonchev–Trinajstić information content (AvgIpc) is 2.89. The predicted molar refractivity (Wildman–Crippen MR) is 87.0 cm³/mol. The van der Waals surface area contributed by atoms with Crippen molar-refractivity contribution in [3.63, 3.8) is 0 Å². The summed E-state index contributed by atoms with van der Waals surface area (Å²) in [5, 5.41) is 6.97. The van der Waals surface area contributed by atoms with Gasteiger partial charge in [-0.05, 0) is 56.0 Å². The van der Waals surface area contributed by atoms with Gasteiger partial charge in [-0.2, -0.15) is 11.3 Å². The lowest BCUT2D eigenvalue weighted by Gasteiger charge is -2.34. The lowest BCUT2D eigenvalue weighted by Crippen LogP contribution is -2.50. The number of rotatable bonds is 3. The van der Waals surface area contributed by atoms with Crippen LogP contribution in [0.5, 0.6) is 0 Å². The predicted octanol–water partition coefficient (Wildman–Crippen LogP) is 2.81. The van der Waals surface area contributed by atoms with E-state index in [2.05, 4.69) is 5.32 Å². The SMILES string of the molecule is CC(C)(C)OC(=O)N1CCC[C@@H](NC(=O)Cc2ccsc2)C1. The first-order valence-electron chi connectivity index (χ1n) is 7.62. The van der Waals surface area contributed by atoms with Gasteiger partial charge in [0, 0.05) is 19.1 Å². The third kappa shape index (κ3) is 5.33. The fraction of sp³-hybridized carbons (Fsp3) is 0.625. The van der Waals surface area contributed by atoms with E-state index in [0.29, 0.717) is 19.5 Å². The number of nitrogens with zero attached hydrogens (tertiary/aromatic N) is 1. The molecule has 2 heterocycles. The molecule has 1 atom stereocenters. The summed E-state index contributed by atoms with van der Waals surface area (Å²) in [6.07, 6.45) is 1.87. The second kappa shape index (κ2) is 7.13. The monoisotopic (exact) mass is 324 g/mol. The standard InChI is InChI=1S/C16H24N2O3S/c1-16(2,3)21-15(20)18-7-4-5-13(10-18)17-14(19)9-12-6-8-22-11-12/h6,8,11,13H,4-5,7,9-10H2,1-3H3,(H,17,19)/t13-/m1/s1. The smallest absolute Gasteiger partial charge is 0.410 e. The molecule has 0 aromatic carbocycles. The van der Waals surface area contributed by atoms with Crippen LogP contribution in [0.1, 0.15) is 39.2 Å². The topological polar surface area (TPSA) is 58.6 Å². The number of piperidine rings is 1. The minimum absolute atomic E-state index is 0.00686. The van der Waals surface area contributed by atoms with Crippen LogP contribution in [0.3, 0.4) is 0 Å². The van der Waals surface area contributed by atoms with Crippen LogP contribution in [-0.4, -0.2) is 41.6 Å². The molecule has 6 heteroatoms. The highest BCUT2D eigenvalue weighted by Crippen LogP contribution is 2.15. The number of hydrogen-bond donors (Lipinski definition) is 1. The maximum absolute atomic E-state index is 12.1. The molecular weight excluding hydrogens is 300 g/mol. The molecule has 0 radical (unpaired) electrons. The fourth-order valence-electron chi connectivity index (χ4n) is 2.44. The van der Waals surface area contributed by atoms with Gasteiger partial charge in [0.25, 0.3) is 0 Å². The summed E-state index contributed by atoms with van der Waals surface area (Å²) in [5.41, 5.74) is 0.536. The van der Waals surface area contributed by atoms with Gasteiger partial charge in [-0.15, -0.1) is 0 Å². The molecule has 1 aliphatic rings. The number of thiophene rings is 1. The molecule has 0 spiro atoms. The molecule has 5 nitrogen and oxygen atoms in total. The van der Waals surface area contributed by atoms with E-state index in [1.54, 1.807) is 16.2 Å². The van der Waals surface area contributed by atoms with Gasteiger partial charge in [0.2, 0.25) is 5.91 Å². The Balaban J connectivity index is 1.82. The Kier molecular flexibility index (Phi) is 5.45. The molecule has 1 N–H and O–H groups in total. The molecule has 2 rings (SSSR count). The highest BCUT2D eigenvalue weighted by molar-refractivity contribution is 7.07. The number of carbonyl (C=O) groups excluding carboxylic acids is 2. The molecule has 122 valence electrons. The van der Waals surface area contributed by atoms with Gasteiger partial charge in [-0.25, -0.2) is 4.79 Å². The van der Waals surface area contributed by atoms with E-state index < -0.39 is 5.60 Å². The molecule has 1 aliphatic heterocycles. The molecule has 1 fully saturated rings. The van der Waals surface area contributed by atoms with Crippen molar-refractivity contribution >= 4 is 23.3 Å². The number of likely N-dealkylation sites (tertiary alicyclic amines) is 1. The summed E-state index contributed by atoms with van der Waals surface area (Å²) in [6.45, 7) is 6.77. The van der Waals surface area contributed by atoms with E-state index in [4.69, 9.17) is 4.74 Å². The van der Waals surface area contributed by atoms with Gasteiger partial charge < -0.3 is 15.0 Å². The molecule has 22 heavy (non-hydrogen) atoms. The molecule has 0 saturated carbocycles. The third-order valence-electron chi connectivity index (χ3n) is 3.38. The summed E-state index contributed by atoms with van der Waals surface area (Å²) in [7, 11) is 0. The third-order valence-corrected chi connectivity index (χ3v) is 4.12. The first-order chi connectivity index (χ1) is 10.3. The molecular formula is C16H24N2O3S. The van der Waals surface area contributed by atoms with Crippen molar-refractivity contribution in [2.75, 3.05) is 13.1 Å². The van der Waals surface area contributed by atoms with Crippen LogP contribution in [0.4, 0.5) is 4.79 Å². The minimum Gasteiger partial charge on any atom is -0.444 e. The van der Waals surface area contributed by atoms with Crippen LogP contribution < -0.4 is 5.32 Å². The zero-order valence-electron chi connectivity index (χ0n) is 13.4. The van der Waals surface area contributed by atoms with Crippen LogP contribution in [0, 0.1) is 0 Å². The van der Waals surface area contributed by atoms with Gasteiger partial charge in [-0.1, -0.05) is 0 Å². The highest BCUT2D eigenvalue weighted by atomic mass is 32.1. The lowest BCUT2D eigenvalue weighted by molar-refractivity contribution is -0.121. The van der Waals surface area contributed by atoms with Gasteiger partial charge in [-0.3, -0.25) is 4.79 Å². The molecule has 0 bridgehead atoms. The van der Waals surface area contributed by atoms with Crippen LogP contribution in [0.25, 0.3) is 0 Å². The van der Waals surface area contributed by atoms with Crippen molar-refractivity contribution in [3.05, 3.63) is 22.4 Å². The van der Waals surface area contributed by atoms with Crippen molar-refractivity contribution in [2.24, 2.45) is 0 Å². The van der Waals surface area contributed by atoms with Gasteiger partial charge in [0.15, 0.2) is 0 Å². The van der Waals surface area contributed by atoms with E-state index in [0.717, 1.165) is 18.4 Å². The number of amides is 2. The van der Waals surface area contributed by atoms with Crippen LogP contribution in [0.2, 0.25) is 0 Å².